The molecule has 0 radical (unpaired) electrons. The Morgan fingerprint density at radius 1 is 0.867 bits per heavy atom. The first-order chi connectivity index (χ1) is 6.25. The van der Waals surface area contributed by atoms with Crippen molar-refractivity contribution in [2.24, 2.45) is 0 Å². The molecule has 0 nitrogen and oxygen atoms in total. The van der Waals surface area contributed by atoms with Gasteiger partial charge in [0.2, 0.25) is 0 Å². The van der Waals surface area contributed by atoms with Gasteiger partial charge in [0, 0.05) is 0 Å². The van der Waals surface area contributed by atoms with Crippen LogP contribution in [0.25, 0.3) is 0 Å². The summed E-state index contributed by atoms with van der Waals surface area (Å²) in [6.07, 6.45) is 0. The molecule has 0 aliphatic rings. The summed E-state index contributed by atoms with van der Waals surface area (Å²) in [4.78, 5) is 0. The molecular weight excluding hydrogens is 227 g/mol. The molecule has 0 aliphatic carbocycles. The van der Waals surface area contributed by atoms with Crippen LogP contribution in [-0.4, -0.2) is 6.98 Å². The van der Waals surface area contributed by atoms with Crippen molar-refractivity contribution in [3.8, 4) is 0 Å². The number of hydrogen-bond donors (Lipinski definition) is 0. The van der Waals surface area contributed by atoms with Crippen LogP contribution in [0.4, 0.5) is 12.9 Å². The second-order valence-electron chi connectivity index (χ2n) is 3.75. The molecule has 0 N–H and O–H groups in total. The topological polar surface area (TPSA) is 0 Å². The van der Waals surface area contributed by atoms with Gasteiger partial charge in [0.05, 0.1) is 0 Å². The Morgan fingerprint density at radius 2 is 1.20 bits per heavy atom. The molecule has 0 fully saturated rings. The van der Waals surface area contributed by atoms with E-state index < -0.39 is 12.4 Å². The summed E-state index contributed by atoms with van der Waals surface area (Å²) in [5.41, 5.74) is 1.73. The molecule has 0 spiro atoms. The molecule has 78 valence electrons. The van der Waals surface area contributed by atoms with E-state index in [1.807, 2.05) is 0 Å². The van der Waals surface area contributed by atoms with Crippen LogP contribution < -0.4 is 56.8 Å². The molecule has 0 heterocycles. The predicted octanol–water partition coefficient (Wildman–Crippen LogP) is -0.0213. The van der Waals surface area contributed by atoms with Crippen molar-refractivity contribution >= 4 is 12.4 Å². The van der Waals surface area contributed by atoms with Gasteiger partial charge in [-0.15, -0.1) is 5.46 Å². The molecule has 5 heteroatoms. The van der Waals surface area contributed by atoms with Crippen LogP contribution in [0.15, 0.2) is 6.07 Å². The second kappa shape index (κ2) is 5.36. The fourth-order valence-electron chi connectivity index (χ4n) is 1.74. The van der Waals surface area contributed by atoms with E-state index in [0.717, 1.165) is 0 Å². The maximum absolute atomic E-state index is 12.7. The van der Waals surface area contributed by atoms with Crippen LogP contribution in [0.1, 0.15) is 22.3 Å². The van der Waals surface area contributed by atoms with Crippen molar-refractivity contribution in [1.82, 2.24) is 0 Å². The average molecular weight is 240 g/mol. The molecule has 0 unspecified atom stereocenters. The number of aryl methyl sites for hydroxylation is 2. The number of benzene rings is 1. The molecule has 1 rings (SSSR count). The normalized spacial score (nSPS) is 11.1. The Balaban J connectivity index is 0.00000196. The Bertz CT molecular complexity index is 346. The zero-order valence-corrected chi connectivity index (χ0v) is 12.9. The summed E-state index contributed by atoms with van der Waals surface area (Å²) < 4.78 is 38.2. The molecule has 0 aromatic heterocycles. The monoisotopic (exact) mass is 240 g/mol. The van der Waals surface area contributed by atoms with Gasteiger partial charge >= 0.3 is 58.4 Å². The van der Waals surface area contributed by atoms with Crippen molar-refractivity contribution in [3.05, 3.63) is 28.3 Å². The third-order valence-electron chi connectivity index (χ3n) is 2.75. The van der Waals surface area contributed by atoms with Gasteiger partial charge in [-0.2, -0.15) is 0 Å². The first kappa shape index (κ1) is 15.7. The molecule has 0 amide bonds. The number of halogens is 3. The van der Waals surface area contributed by atoms with Gasteiger partial charge in [-0.25, -0.2) is 0 Å². The minimum Gasteiger partial charge on any atom is -0.445 e. The summed E-state index contributed by atoms with van der Waals surface area (Å²) in [5, 5.41) is 0. The molecule has 15 heavy (non-hydrogen) atoms. The summed E-state index contributed by atoms with van der Waals surface area (Å²) in [5.74, 6) is 0. The van der Waals surface area contributed by atoms with E-state index in [0.29, 0.717) is 22.3 Å². The fourth-order valence-corrected chi connectivity index (χ4v) is 1.74. The minimum absolute atomic E-state index is 0. The molecule has 0 atom stereocenters. The van der Waals surface area contributed by atoms with Crippen molar-refractivity contribution in [2.75, 3.05) is 0 Å². The summed E-state index contributed by atoms with van der Waals surface area (Å²) in [6.45, 7) is 1.61. The summed E-state index contributed by atoms with van der Waals surface area (Å²) >= 11 is 0. The minimum atomic E-state index is -4.89. The molecule has 0 aliphatic heterocycles. The Kier molecular flexibility index (Phi) is 5.62. The molecule has 0 saturated carbocycles. The van der Waals surface area contributed by atoms with E-state index in [9.17, 15) is 12.9 Å². The van der Waals surface area contributed by atoms with Crippen LogP contribution in [-0.2, 0) is 0 Å². The van der Waals surface area contributed by atoms with Crippen LogP contribution in [0.3, 0.4) is 0 Å². The van der Waals surface area contributed by atoms with Gasteiger partial charge in [-0.05, 0) is 27.7 Å². The van der Waals surface area contributed by atoms with Crippen LogP contribution in [0.2, 0.25) is 0 Å². The van der Waals surface area contributed by atoms with E-state index in [4.69, 9.17) is 0 Å². The molecule has 1 aromatic carbocycles. The maximum Gasteiger partial charge on any atom is 1.00 e. The third-order valence-corrected chi connectivity index (χ3v) is 2.75. The summed E-state index contributed by atoms with van der Waals surface area (Å²) in [7, 11) is 0. The summed E-state index contributed by atoms with van der Waals surface area (Å²) in [6, 6.07) is 1.80. The van der Waals surface area contributed by atoms with Crippen molar-refractivity contribution in [3.63, 3.8) is 0 Å². The van der Waals surface area contributed by atoms with Crippen LogP contribution in [0, 0.1) is 27.7 Å². The van der Waals surface area contributed by atoms with Gasteiger partial charge in [0.25, 0.3) is 0 Å². The third kappa shape index (κ3) is 3.33. The SMILES string of the molecule is Cc1cc(C)c(C)c([B-](F)(F)F)c1C.[K+]. The Hall–Kier alpha value is 0.711. The van der Waals surface area contributed by atoms with Crippen molar-refractivity contribution < 1.29 is 64.3 Å². The van der Waals surface area contributed by atoms with E-state index in [-0.39, 0.29) is 51.4 Å². The predicted molar refractivity (Wildman–Crippen MR) is 54.1 cm³/mol. The van der Waals surface area contributed by atoms with Crippen LogP contribution in [0.5, 0.6) is 0 Å². The molecular formula is C10H13BF3K. The zero-order chi connectivity index (χ0) is 11.1. The van der Waals surface area contributed by atoms with Gasteiger partial charge in [-0.1, -0.05) is 28.3 Å². The second-order valence-corrected chi connectivity index (χ2v) is 3.75. The van der Waals surface area contributed by atoms with E-state index >= 15 is 0 Å². The molecule has 0 bridgehead atoms. The van der Waals surface area contributed by atoms with Gasteiger partial charge in [-0.3, -0.25) is 0 Å². The number of hydrogen-bond acceptors (Lipinski definition) is 0. The Labute approximate surface area is 131 Å². The fraction of sp³-hybridized carbons (Fsp3) is 0.400. The quantitative estimate of drug-likeness (QED) is 0.605. The van der Waals surface area contributed by atoms with Gasteiger partial charge < -0.3 is 12.9 Å². The zero-order valence-electron chi connectivity index (χ0n) is 9.79. The van der Waals surface area contributed by atoms with Crippen molar-refractivity contribution in [1.29, 1.82) is 0 Å². The van der Waals surface area contributed by atoms with Crippen molar-refractivity contribution in [2.45, 2.75) is 27.7 Å². The first-order valence-electron chi connectivity index (χ1n) is 4.52. The van der Waals surface area contributed by atoms with Gasteiger partial charge in [0.15, 0.2) is 0 Å². The average Bonchev–Trinajstić information content (AvgIpc) is 1.98. The first-order valence-corrected chi connectivity index (χ1v) is 4.52. The van der Waals surface area contributed by atoms with E-state index in [2.05, 4.69) is 0 Å². The number of rotatable bonds is 1. The maximum atomic E-state index is 12.7. The van der Waals surface area contributed by atoms with E-state index in [1.165, 1.54) is 13.8 Å². The smallest absolute Gasteiger partial charge is 0.445 e. The standard InChI is InChI=1S/C10H13BF3.K/c1-6-5-7(2)9(4)10(8(6)3)11(12,13)14;/h5H,1-4H3;/q-1;+1. The Morgan fingerprint density at radius 3 is 1.47 bits per heavy atom. The largest absolute Gasteiger partial charge is 1.00 e. The van der Waals surface area contributed by atoms with E-state index in [1.54, 1.807) is 19.9 Å². The molecule has 0 saturated heterocycles. The van der Waals surface area contributed by atoms with Gasteiger partial charge in [0.1, 0.15) is 0 Å². The van der Waals surface area contributed by atoms with Crippen LogP contribution >= 0.6 is 0 Å². The molecule has 1 aromatic rings.